The molecule has 0 aromatic carbocycles. The van der Waals surface area contributed by atoms with E-state index in [1.165, 1.54) is 32.1 Å². The third kappa shape index (κ3) is 5.54. The molecule has 0 unspecified atom stereocenters. The monoisotopic (exact) mass is 430 g/mol. The van der Waals surface area contributed by atoms with Crippen LogP contribution in [0.2, 0.25) is 0 Å². The third-order valence-corrected chi connectivity index (χ3v) is 9.08. The Balaban J connectivity index is 1.71. The lowest BCUT2D eigenvalue weighted by atomic mass is 9.59. The van der Waals surface area contributed by atoms with E-state index in [1.807, 2.05) is 13.8 Å². The smallest absolute Gasteiger partial charge is 0.0809 e. The highest BCUT2D eigenvalue weighted by molar-refractivity contribution is 5.29. The summed E-state index contributed by atoms with van der Waals surface area (Å²) in [5.41, 5.74) is 3.06. The van der Waals surface area contributed by atoms with E-state index in [0.717, 1.165) is 24.3 Å². The molecule has 7 atom stereocenters. The lowest BCUT2D eigenvalue weighted by Gasteiger charge is -2.45. The number of rotatable bonds is 6. The largest absolute Gasteiger partial charge is 0.390 e. The normalized spacial score (nSPS) is 37.6. The number of hydrogen-bond acceptors (Lipinski definition) is 3. The molecule has 3 aliphatic rings. The third-order valence-electron chi connectivity index (χ3n) is 9.08. The lowest BCUT2D eigenvalue weighted by molar-refractivity contribution is 0.0447. The Hall–Kier alpha value is -0.900. The average Bonchev–Trinajstić information content (AvgIpc) is 3.04. The van der Waals surface area contributed by atoms with Crippen molar-refractivity contribution in [2.24, 2.45) is 29.1 Å². The van der Waals surface area contributed by atoms with Crippen molar-refractivity contribution in [2.75, 3.05) is 0 Å². The van der Waals surface area contributed by atoms with Crippen LogP contribution in [0.1, 0.15) is 92.4 Å². The van der Waals surface area contributed by atoms with Crippen LogP contribution in [0, 0.1) is 29.1 Å². The predicted octanol–water partition coefficient (Wildman–Crippen LogP) is 5.95. The first-order valence-corrected chi connectivity index (χ1v) is 12.6. The number of aliphatic hydroxyl groups excluding tert-OH is 2. The van der Waals surface area contributed by atoms with Gasteiger partial charge in [0.1, 0.15) is 0 Å². The molecule has 31 heavy (non-hydrogen) atoms. The molecule has 3 nitrogen and oxygen atoms in total. The first-order valence-electron chi connectivity index (χ1n) is 12.6. The van der Waals surface area contributed by atoms with Crippen molar-refractivity contribution in [1.82, 2.24) is 0 Å². The number of fused-ring (bicyclic) bond motifs is 1. The van der Waals surface area contributed by atoms with Crippen LogP contribution in [-0.4, -0.2) is 33.1 Å². The molecule has 0 spiro atoms. The summed E-state index contributed by atoms with van der Waals surface area (Å²) in [5, 5.41) is 30.5. The minimum absolute atomic E-state index is 0.366. The maximum Gasteiger partial charge on any atom is 0.0809 e. The highest BCUT2D eigenvalue weighted by Crippen LogP contribution is 2.60. The van der Waals surface area contributed by atoms with Crippen LogP contribution >= 0.6 is 0 Å². The van der Waals surface area contributed by atoms with Crippen LogP contribution < -0.4 is 0 Å². The molecule has 0 aliphatic heterocycles. The Labute approximate surface area is 190 Å². The van der Waals surface area contributed by atoms with E-state index in [-0.39, 0.29) is 0 Å². The SMILES string of the molecule is C=C1[C@H](O)CC(=C/C=C2\CCC[C@]3(C)[C@@H]([C@@H](C)[C@@H](C)CCC(C)(C)O)CC[C@@H]23)C[C@H]1O. The van der Waals surface area contributed by atoms with Gasteiger partial charge in [-0.2, -0.15) is 0 Å². The number of hydrogen-bond donors (Lipinski definition) is 3. The van der Waals surface area contributed by atoms with E-state index in [2.05, 4.69) is 39.5 Å². The van der Waals surface area contributed by atoms with Crippen molar-refractivity contribution in [2.45, 2.75) is 110 Å². The molecule has 3 N–H and O–H groups in total. The topological polar surface area (TPSA) is 60.7 Å². The van der Waals surface area contributed by atoms with Gasteiger partial charge in [-0.05, 0) is 106 Å². The molecule has 0 saturated heterocycles. The van der Waals surface area contributed by atoms with Crippen molar-refractivity contribution in [3.8, 4) is 0 Å². The van der Waals surface area contributed by atoms with Crippen LogP contribution in [0.15, 0.2) is 35.5 Å². The van der Waals surface area contributed by atoms with Crippen LogP contribution in [0.25, 0.3) is 0 Å². The summed E-state index contributed by atoms with van der Waals surface area (Å²) in [7, 11) is 0. The summed E-state index contributed by atoms with van der Waals surface area (Å²) in [4.78, 5) is 0. The quantitative estimate of drug-likeness (QED) is 0.456. The van der Waals surface area contributed by atoms with Gasteiger partial charge < -0.3 is 15.3 Å². The fraction of sp³-hybridized carbons (Fsp3) is 0.786. The molecule has 0 bridgehead atoms. The van der Waals surface area contributed by atoms with Crippen molar-refractivity contribution in [1.29, 1.82) is 0 Å². The molecule has 0 aromatic heterocycles. The molecule has 176 valence electrons. The van der Waals surface area contributed by atoms with Gasteiger partial charge in [0.25, 0.3) is 0 Å². The van der Waals surface area contributed by atoms with E-state index < -0.39 is 17.8 Å². The van der Waals surface area contributed by atoms with Crippen LogP contribution in [0.3, 0.4) is 0 Å². The van der Waals surface area contributed by atoms with Gasteiger partial charge in [-0.1, -0.05) is 50.6 Å². The average molecular weight is 431 g/mol. The zero-order chi connectivity index (χ0) is 23.0. The fourth-order valence-electron chi connectivity index (χ4n) is 6.81. The maximum atomic E-state index is 10.2. The lowest BCUT2D eigenvalue weighted by Crippen LogP contribution is -2.37. The predicted molar refractivity (Wildman–Crippen MR) is 129 cm³/mol. The Bertz CT molecular complexity index is 696. The fourth-order valence-corrected chi connectivity index (χ4v) is 6.81. The highest BCUT2D eigenvalue weighted by atomic mass is 16.3. The number of aliphatic hydroxyl groups is 3. The summed E-state index contributed by atoms with van der Waals surface area (Å²) in [6.07, 6.45) is 12.8. The first kappa shape index (κ1) is 24.7. The van der Waals surface area contributed by atoms with Crippen molar-refractivity contribution in [3.63, 3.8) is 0 Å². The van der Waals surface area contributed by atoms with Gasteiger partial charge in [0.2, 0.25) is 0 Å². The van der Waals surface area contributed by atoms with Crippen molar-refractivity contribution >= 4 is 0 Å². The van der Waals surface area contributed by atoms with Gasteiger partial charge in [0.15, 0.2) is 0 Å². The molecule has 0 heterocycles. The molecule has 0 aromatic rings. The molecule has 3 aliphatic carbocycles. The van der Waals surface area contributed by atoms with Gasteiger partial charge in [0, 0.05) is 0 Å². The molecule has 0 amide bonds. The van der Waals surface area contributed by atoms with Gasteiger partial charge in [-0.15, -0.1) is 0 Å². The van der Waals surface area contributed by atoms with Gasteiger partial charge in [-0.3, -0.25) is 0 Å². The van der Waals surface area contributed by atoms with Crippen LogP contribution in [-0.2, 0) is 0 Å². The van der Waals surface area contributed by atoms with Crippen molar-refractivity contribution < 1.29 is 15.3 Å². The molecule has 0 radical (unpaired) electrons. The molecular weight excluding hydrogens is 384 g/mol. The summed E-state index contributed by atoms with van der Waals surface area (Å²) < 4.78 is 0. The van der Waals surface area contributed by atoms with Crippen molar-refractivity contribution in [3.05, 3.63) is 35.5 Å². The molecule has 3 fully saturated rings. The maximum absolute atomic E-state index is 10.2. The zero-order valence-electron chi connectivity index (χ0n) is 20.5. The van der Waals surface area contributed by atoms with E-state index in [4.69, 9.17) is 0 Å². The Morgan fingerprint density at radius 2 is 1.77 bits per heavy atom. The summed E-state index contributed by atoms with van der Waals surface area (Å²) in [6.45, 7) is 15.0. The van der Waals surface area contributed by atoms with Crippen LogP contribution in [0.5, 0.6) is 0 Å². The standard InChI is InChI=1S/C28H46O3/c1-18(13-15-27(4,5)31)19(2)23-11-12-24-22(8-7-14-28(23,24)6)10-9-21-16-25(29)20(3)26(30)17-21/h9-10,18-19,23-26,29-31H,3,7-8,11-17H2,1-2,4-6H3/b22-10+/t18-,19-,23+,24-,25+,26+,28+/m0/s1. The molecular formula is C28H46O3. The zero-order valence-corrected chi connectivity index (χ0v) is 20.5. The molecule has 3 saturated carbocycles. The molecule has 3 heteroatoms. The summed E-state index contributed by atoms with van der Waals surface area (Å²) >= 11 is 0. The summed E-state index contributed by atoms with van der Waals surface area (Å²) in [6, 6.07) is 0. The number of allylic oxidation sites excluding steroid dienone is 3. The van der Waals surface area contributed by atoms with E-state index in [0.29, 0.717) is 41.6 Å². The first-order chi connectivity index (χ1) is 14.4. The van der Waals surface area contributed by atoms with Gasteiger partial charge in [-0.25, -0.2) is 0 Å². The Morgan fingerprint density at radius 3 is 2.39 bits per heavy atom. The second-order valence-electron chi connectivity index (χ2n) is 11.9. The summed E-state index contributed by atoms with van der Waals surface area (Å²) in [5.74, 6) is 2.69. The van der Waals surface area contributed by atoms with Gasteiger partial charge >= 0.3 is 0 Å². The Morgan fingerprint density at radius 1 is 1.13 bits per heavy atom. The van der Waals surface area contributed by atoms with Crippen LogP contribution in [0.4, 0.5) is 0 Å². The second kappa shape index (κ2) is 9.53. The minimum atomic E-state index is -0.618. The minimum Gasteiger partial charge on any atom is -0.390 e. The molecule has 3 rings (SSSR count). The van der Waals surface area contributed by atoms with E-state index in [9.17, 15) is 15.3 Å². The van der Waals surface area contributed by atoms with Gasteiger partial charge in [0.05, 0.1) is 17.8 Å². The highest BCUT2D eigenvalue weighted by Gasteiger charge is 2.51. The van der Waals surface area contributed by atoms with E-state index in [1.54, 1.807) is 5.57 Å². The van der Waals surface area contributed by atoms with E-state index >= 15 is 0 Å². The Kier molecular flexibility index (Phi) is 7.61. The second-order valence-corrected chi connectivity index (χ2v) is 11.9.